The van der Waals surface area contributed by atoms with Gasteiger partial charge in [-0.05, 0) is 22.0 Å². The van der Waals surface area contributed by atoms with Gasteiger partial charge in [-0.3, -0.25) is 0 Å². The summed E-state index contributed by atoms with van der Waals surface area (Å²) in [7, 11) is 1.66. The van der Waals surface area contributed by atoms with Crippen molar-refractivity contribution >= 4 is 20.6 Å². The normalized spacial score (nSPS) is 20.1. The van der Waals surface area contributed by atoms with Crippen LogP contribution >= 0.6 is 15.9 Å². The van der Waals surface area contributed by atoms with E-state index in [1.807, 2.05) is 24.3 Å². The van der Waals surface area contributed by atoms with Crippen molar-refractivity contribution in [2.75, 3.05) is 7.11 Å². The van der Waals surface area contributed by atoms with E-state index in [2.05, 4.69) is 21.1 Å². The van der Waals surface area contributed by atoms with E-state index in [0.717, 1.165) is 22.4 Å². The topological polar surface area (TPSA) is 30.8 Å². The first-order valence-electron chi connectivity index (χ1n) is 4.32. The van der Waals surface area contributed by atoms with Crippen LogP contribution in [-0.2, 0) is 4.84 Å². The summed E-state index contributed by atoms with van der Waals surface area (Å²) in [5.41, 5.74) is 1.04. The van der Waals surface area contributed by atoms with Crippen molar-refractivity contribution in [3.63, 3.8) is 0 Å². The van der Waals surface area contributed by atoms with Crippen LogP contribution in [0.1, 0.15) is 18.1 Å². The zero-order chi connectivity index (χ0) is 9.97. The minimum Gasteiger partial charge on any atom is -0.496 e. The maximum absolute atomic E-state index is 5.25. The van der Waals surface area contributed by atoms with Gasteiger partial charge in [-0.25, -0.2) is 0 Å². The van der Waals surface area contributed by atoms with Gasteiger partial charge in [0, 0.05) is 12.0 Å². The molecule has 1 atom stereocenters. The van der Waals surface area contributed by atoms with Gasteiger partial charge in [0.1, 0.15) is 10.4 Å². The minimum atomic E-state index is -0.0273. The third-order valence-corrected chi connectivity index (χ3v) is 2.59. The smallest absolute Gasteiger partial charge is 0.162 e. The molecule has 1 aromatic carbocycles. The SMILES string of the molecule is COc1ccccc1C1CC(Br)=NO1. The van der Waals surface area contributed by atoms with Crippen LogP contribution in [0.4, 0.5) is 0 Å². The number of hydrogen-bond donors (Lipinski definition) is 0. The Hall–Kier alpha value is -1.03. The van der Waals surface area contributed by atoms with Crippen molar-refractivity contribution < 1.29 is 9.57 Å². The van der Waals surface area contributed by atoms with E-state index in [1.54, 1.807) is 7.11 Å². The lowest BCUT2D eigenvalue weighted by atomic mass is 10.1. The van der Waals surface area contributed by atoms with E-state index in [9.17, 15) is 0 Å². The number of halogens is 1. The molecule has 0 radical (unpaired) electrons. The fraction of sp³-hybridized carbons (Fsp3) is 0.300. The molecule has 1 aliphatic rings. The summed E-state index contributed by atoms with van der Waals surface area (Å²) in [4.78, 5) is 5.25. The highest BCUT2D eigenvalue weighted by Crippen LogP contribution is 2.34. The Morgan fingerprint density at radius 3 is 2.93 bits per heavy atom. The summed E-state index contributed by atoms with van der Waals surface area (Å²) in [5.74, 6) is 0.843. The molecule has 14 heavy (non-hydrogen) atoms. The lowest BCUT2D eigenvalue weighted by Gasteiger charge is -2.12. The predicted octanol–water partition coefficient (Wildman–Crippen LogP) is 2.87. The Kier molecular flexibility index (Phi) is 2.72. The van der Waals surface area contributed by atoms with Gasteiger partial charge < -0.3 is 9.57 Å². The summed E-state index contributed by atoms with van der Waals surface area (Å²) in [5, 5.41) is 3.85. The molecule has 1 aromatic rings. The molecular formula is C10H10BrNO2. The second-order valence-corrected chi connectivity index (χ2v) is 3.92. The Morgan fingerprint density at radius 1 is 1.50 bits per heavy atom. The summed E-state index contributed by atoms with van der Waals surface area (Å²) >= 11 is 3.31. The molecule has 0 saturated heterocycles. The van der Waals surface area contributed by atoms with Crippen molar-refractivity contribution in [3.05, 3.63) is 29.8 Å². The standard InChI is InChI=1S/C10H10BrNO2/c1-13-8-5-3-2-4-7(8)9-6-10(11)12-14-9/h2-5,9H,6H2,1H3. The van der Waals surface area contributed by atoms with Crippen LogP contribution in [0, 0.1) is 0 Å². The molecule has 74 valence electrons. The van der Waals surface area contributed by atoms with E-state index in [4.69, 9.17) is 9.57 Å². The van der Waals surface area contributed by atoms with Crippen LogP contribution in [0.3, 0.4) is 0 Å². The molecule has 1 unspecified atom stereocenters. The summed E-state index contributed by atoms with van der Waals surface area (Å²) < 4.78 is 6.09. The van der Waals surface area contributed by atoms with Crippen molar-refractivity contribution in [2.24, 2.45) is 5.16 Å². The highest BCUT2D eigenvalue weighted by Gasteiger charge is 2.23. The van der Waals surface area contributed by atoms with Crippen LogP contribution in [0.25, 0.3) is 0 Å². The van der Waals surface area contributed by atoms with Gasteiger partial charge in [-0.1, -0.05) is 23.4 Å². The number of benzene rings is 1. The molecule has 0 bridgehead atoms. The van der Waals surface area contributed by atoms with Crippen molar-refractivity contribution in [3.8, 4) is 5.75 Å². The molecule has 0 aromatic heterocycles. The van der Waals surface area contributed by atoms with Crippen molar-refractivity contribution in [1.29, 1.82) is 0 Å². The third-order valence-electron chi connectivity index (χ3n) is 2.12. The van der Waals surface area contributed by atoms with Gasteiger partial charge in [-0.15, -0.1) is 0 Å². The largest absolute Gasteiger partial charge is 0.496 e. The third kappa shape index (κ3) is 1.75. The molecule has 0 saturated carbocycles. The molecule has 0 amide bonds. The Morgan fingerprint density at radius 2 is 2.29 bits per heavy atom. The molecule has 1 aliphatic heterocycles. The first-order chi connectivity index (χ1) is 6.81. The number of hydrogen-bond acceptors (Lipinski definition) is 3. The highest BCUT2D eigenvalue weighted by atomic mass is 79.9. The molecule has 3 nitrogen and oxygen atoms in total. The van der Waals surface area contributed by atoms with Crippen LogP contribution in [0.15, 0.2) is 29.4 Å². The van der Waals surface area contributed by atoms with Crippen molar-refractivity contribution in [2.45, 2.75) is 12.5 Å². The number of oxime groups is 1. The lowest BCUT2D eigenvalue weighted by molar-refractivity contribution is 0.0837. The van der Waals surface area contributed by atoms with E-state index in [1.165, 1.54) is 0 Å². The Bertz CT molecular complexity index is 365. The molecule has 2 rings (SSSR count). The van der Waals surface area contributed by atoms with Gasteiger partial charge >= 0.3 is 0 Å². The molecule has 1 heterocycles. The maximum atomic E-state index is 5.25. The van der Waals surface area contributed by atoms with E-state index < -0.39 is 0 Å². The minimum absolute atomic E-state index is 0.0273. The number of methoxy groups -OCH3 is 1. The van der Waals surface area contributed by atoms with Gasteiger partial charge in [0.05, 0.1) is 7.11 Å². The average molecular weight is 256 g/mol. The van der Waals surface area contributed by atoms with E-state index in [-0.39, 0.29) is 6.10 Å². The number of ether oxygens (including phenoxy) is 1. The van der Waals surface area contributed by atoms with Crippen LogP contribution in [0.5, 0.6) is 5.75 Å². The van der Waals surface area contributed by atoms with Crippen LogP contribution in [0.2, 0.25) is 0 Å². The molecular weight excluding hydrogens is 246 g/mol. The summed E-state index contributed by atoms with van der Waals surface area (Å²) in [6.45, 7) is 0. The average Bonchev–Trinajstić information content (AvgIpc) is 2.65. The second kappa shape index (κ2) is 4.00. The first-order valence-corrected chi connectivity index (χ1v) is 5.11. The summed E-state index contributed by atoms with van der Waals surface area (Å²) in [6, 6.07) is 7.82. The van der Waals surface area contributed by atoms with Crippen LogP contribution < -0.4 is 4.74 Å². The zero-order valence-electron chi connectivity index (χ0n) is 7.74. The van der Waals surface area contributed by atoms with Gasteiger partial charge in [0.25, 0.3) is 0 Å². The Labute approximate surface area is 90.8 Å². The van der Waals surface area contributed by atoms with E-state index >= 15 is 0 Å². The molecule has 0 spiro atoms. The highest BCUT2D eigenvalue weighted by molar-refractivity contribution is 9.18. The molecule has 0 aliphatic carbocycles. The predicted molar refractivity (Wildman–Crippen MR) is 57.8 cm³/mol. The molecule has 0 N–H and O–H groups in total. The Balaban J connectivity index is 2.24. The maximum Gasteiger partial charge on any atom is 0.162 e. The second-order valence-electron chi connectivity index (χ2n) is 3.01. The fourth-order valence-corrected chi connectivity index (χ4v) is 1.83. The van der Waals surface area contributed by atoms with E-state index in [0.29, 0.717) is 0 Å². The summed E-state index contributed by atoms with van der Waals surface area (Å²) in [6.07, 6.45) is 0.737. The van der Waals surface area contributed by atoms with Gasteiger partial charge in [0.15, 0.2) is 6.10 Å². The molecule has 4 heteroatoms. The fourth-order valence-electron chi connectivity index (χ4n) is 1.45. The van der Waals surface area contributed by atoms with Gasteiger partial charge in [0.2, 0.25) is 0 Å². The molecule has 0 fully saturated rings. The van der Waals surface area contributed by atoms with Gasteiger partial charge in [-0.2, -0.15) is 0 Å². The zero-order valence-corrected chi connectivity index (χ0v) is 9.32. The number of rotatable bonds is 2. The number of para-hydroxylation sites is 1. The monoisotopic (exact) mass is 255 g/mol. The number of nitrogens with zero attached hydrogens (tertiary/aromatic N) is 1. The quantitative estimate of drug-likeness (QED) is 0.814. The van der Waals surface area contributed by atoms with Crippen molar-refractivity contribution in [1.82, 2.24) is 0 Å². The lowest BCUT2D eigenvalue weighted by Crippen LogP contribution is -1.99. The van der Waals surface area contributed by atoms with Crippen LogP contribution in [-0.4, -0.2) is 11.7 Å². The first kappa shape index (κ1) is 9.52.